The van der Waals surface area contributed by atoms with Crippen molar-refractivity contribution in [3.8, 4) is 5.75 Å². The van der Waals surface area contributed by atoms with Crippen molar-refractivity contribution in [2.45, 2.75) is 19.7 Å². The highest BCUT2D eigenvalue weighted by molar-refractivity contribution is 9.10. The van der Waals surface area contributed by atoms with Gasteiger partial charge in [-0.2, -0.15) is 0 Å². The molecule has 0 saturated heterocycles. The van der Waals surface area contributed by atoms with Gasteiger partial charge in [-0.05, 0) is 42.5 Å². The summed E-state index contributed by atoms with van der Waals surface area (Å²) < 4.78 is 6.99. The van der Waals surface area contributed by atoms with Crippen LogP contribution in [0, 0.1) is 0 Å². The van der Waals surface area contributed by atoms with E-state index in [1.165, 1.54) is 0 Å². The predicted molar refractivity (Wildman–Crippen MR) is 110 cm³/mol. The summed E-state index contributed by atoms with van der Waals surface area (Å²) in [5.41, 5.74) is 2.82. The van der Waals surface area contributed by atoms with E-state index in [0.717, 1.165) is 27.0 Å². The third-order valence-electron chi connectivity index (χ3n) is 3.80. The summed E-state index contributed by atoms with van der Waals surface area (Å²) in [6.07, 6.45) is 1.79. The largest absolute Gasteiger partial charge is 0.488 e. The van der Waals surface area contributed by atoms with Gasteiger partial charge >= 0.3 is 0 Å². The normalized spacial score (nSPS) is 10.7. The lowest BCUT2D eigenvalue weighted by molar-refractivity contribution is 0.302. The number of nitrogens with one attached hydrogen (secondary N) is 1. The average molecular weight is 452 g/mol. The van der Waals surface area contributed by atoms with Crippen LogP contribution in [0.15, 0.2) is 65.3 Å². The molecule has 0 aliphatic rings. The summed E-state index contributed by atoms with van der Waals surface area (Å²) in [5, 5.41) is 4.59. The van der Waals surface area contributed by atoms with Crippen LogP contribution in [0.1, 0.15) is 16.8 Å². The lowest BCUT2D eigenvalue weighted by atomic mass is 10.2. The van der Waals surface area contributed by atoms with E-state index in [0.29, 0.717) is 29.7 Å². The maximum Gasteiger partial charge on any atom is 0.124 e. The zero-order valence-corrected chi connectivity index (χ0v) is 17.0. The summed E-state index contributed by atoms with van der Waals surface area (Å²) in [5.74, 6) is 0.790. The molecular weight excluding hydrogens is 435 g/mol. The lowest BCUT2D eigenvalue weighted by Crippen LogP contribution is -2.14. The molecule has 0 saturated carbocycles. The van der Waals surface area contributed by atoms with Gasteiger partial charge in [-0.25, -0.2) is 0 Å². The molecule has 134 valence electrons. The summed E-state index contributed by atoms with van der Waals surface area (Å²) >= 11 is 16.0. The third-order valence-corrected chi connectivity index (χ3v) is 5.01. The molecule has 0 unspecified atom stereocenters. The Morgan fingerprint density at radius 3 is 2.50 bits per heavy atom. The minimum atomic E-state index is 0.313. The molecule has 0 amide bonds. The van der Waals surface area contributed by atoms with E-state index in [1.54, 1.807) is 6.20 Å². The molecular formula is C20H17BrCl2N2O. The average Bonchev–Trinajstić information content (AvgIpc) is 2.64. The van der Waals surface area contributed by atoms with E-state index in [2.05, 4.69) is 26.2 Å². The van der Waals surface area contributed by atoms with E-state index < -0.39 is 0 Å². The Morgan fingerprint density at radius 1 is 0.962 bits per heavy atom. The van der Waals surface area contributed by atoms with Crippen LogP contribution in [0.25, 0.3) is 0 Å². The molecule has 3 aromatic rings. The monoisotopic (exact) mass is 450 g/mol. The molecule has 0 radical (unpaired) electrons. The van der Waals surface area contributed by atoms with Crippen LogP contribution >= 0.6 is 39.1 Å². The molecule has 0 aliphatic carbocycles. The SMILES string of the molecule is Clc1cccc(Cl)c1COc1ccc(Br)cc1CNCc1ccccn1. The van der Waals surface area contributed by atoms with Crippen LogP contribution in [-0.4, -0.2) is 4.98 Å². The van der Waals surface area contributed by atoms with Crippen molar-refractivity contribution in [2.24, 2.45) is 0 Å². The predicted octanol–water partition coefficient (Wildman–Crippen LogP) is 6.02. The number of nitrogens with zero attached hydrogens (tertiary/aromatic N) is 1. The van der Waals surface area contributed by atoms with Gasteiger partial charge in [0.2, 0.25) is 0 Å². The van der Waals surface area contributed by atoms with Gasteiger partial charge in [-0.1, -0.05) is 51.3 Å². The first kappa shape index (κ1) is 19.2. The number of halogens is 3. The van der Waals surface area contributed by atoms with Crippen molar-refractivity contribution < 1.29 is 4.74 Å². The molecule has 1 N–H and O–H groups in total. The van der Waals surface area contributed by atoms with Crippen LogP contribution in [0.3, 0.4) is 0 Å². The van der Waals surface area contributed by atoms with Crippen LogP contribution in [0.4, 0.5) is 0 Å². The highest BCUT2D eigenvalue weighted by Crippen LogP contribution is 2.28. The molecule has 0 spiro atoms. The molecule has 6 heteroatoms. The Hall–Kier alpha value is -1.59. The Kier molecular flexibility index (Phi) is 6.92. The first-order valence-electron chi connectivity index (χ1n) is 8.08. The van der Waals surface area contributed by atoms with E-state index in [1.807, 2.05) is 54.6 Å². The molecule has 0 atom stereocenters. The molecule has 2 aromatic carbocycles. The second-order valence-electron chi connectivity index (χ2n) is 5.67. The number of pyridine rings is 1. The fourth-order valence-electron chi connectivity index (χ4n) is 2.48. The van der Waals surface area contributed by atoms with Crippen LogP contribution in [0.2, 0.25) is 10.0 Å². The third kappa shape index (κ3) is 5.21. The van der Waals surface area contributed by atoms with Gasteiger partial charge in [0.15, 0.2) is 0 Å². The second-order valence-corrected chi connectivity index (χ2v) is 7.40. The fraction of sp³-hybridized carbons (Fsp3) is 0.150. The minimum absolute atomic E-state index is 0.313. The summed E-state index contributed by atoms with van der Waals surface area (Å²) in [6.45, 7) is 1.65. The Balaban J connectivity index is 1.67. The first-order valence-corrected chi connectivity index (χ1v) is 9.63. The van der Waals surface area contributed by atoms with Crippen molar-refractivity contribution in [1.29, 1.82) is 0 Å². The molecule has 1 aromatic heterocycles. The number of ether oxygens (including phenoxy) is 1. The topological polar surface area (TPSA) is 34.1 Å². The number of hydrogen-bond donors (Lipinski definition) is 1. The van der Waals surface area contributed by atoms with E-state index in [-0.39, 0.29) is 0 Å². The maximum atomic E-state index is 6.22. The number of hydrogen-bond acceptors (Lipinski definition) is 3. The van der Waals surface area contributed by atoms with Gasteiger partial charge in [0.25, 0.3) is 0 Å². The molecule has 3 nitrogen and oxygen atoms in total. The zero-order chi connectivity index (χ0) is 18.4. The molecule has 0 bridgehead atoms. The smallest absolute Gasteiger partial charge is 0.124 e. The zero-order valence-electron chi connectivity index (χ0n) is 13.9. The summed E-state index contributed by atoms with van der Waals surface area (Å²) in [7, 11) is 0. The molecule has 3 rings (SSSR count). The van der Waals surface area contributed by atoms with Crippen molar-refractivity contribution in [2.75, 3.05) is 0 Å². The van der Waals surface area contributed by atoms with Gasteiger partial charge in [0.05, 0.1) is 5.69 Å². The molecule has 0 aliphatic heterocycles. The lowest BCUT2D eigenvalue weighted by Gasteiger charge is -2.14. The Morgan fingerprint density at radius 2 is 1.77 bits per heavy atom. The van der Waals surface area contributed by atoms with Crippen molar-refractivity contribution in [3.05, 3.63) is 92.1 Å². The van der Waals surface area contributed by atoms with Gasteiger partial charge < -0.3 is 10.1 Å². The molecule has 26 heavy (non-hydrogen) atoms. The standard InChI is InChI=1S/C20H17BrCl2N2O/c21-15-7-8-20(26-13-17-18(22)5-3-6-19(17)23)14(10-15)11-24-12-16-4-1-2-9-25-16/h1-10,24H,11-13H2. The molecule has 1 heterocycles. The summed E-state index contributed by atoms with van der Waals surface area (Å²) in [6, 6.07) is 17.2. The summed E-state index contributed by atoms with van der Waals surface area (Å²) in [4.78, 5) is 4.31. The second kappa shape index (κ2) is 9.38. The highest BCUT2D eigenvalue weighted by atomic mass is 79.9. The van der Waals surface area contributed by atoms with Crippen molar-refractivity contribution in [1.82, 2.24) is 10.3 Å². The fourth-order valence-corrected chi connectivity index (χ4v) is 3.39. The quantitative estimate of drug-likeness (QED) is 0.476. The Labute approximate surface area is 171 Å². The minimum Gasteiger partial charge on any atom is -0.488 e. The van der Waals surface area contributed by atoms with Gasteiger partial charge in [-0.3, -0.25) is 4.98 Å². The van der Waals surface area contributed by atoms with Gasteiger partial charge in [0.1, 0.15) is 12.4 Å². The van der Waals surface area contributed by atoms with Gasteiger partial charge in [-0.15, -0.1) is 0 Å². The van der Waals surface area contributed by atoms with Crippen LogP contribution in [-0.2, 0) is 19.7 Å². The maximum absolute atomic E-state index is 6.22. The van der Waals surface area contributed by atoms with Crippen molar-refractivity contribution in [3.63, 3.8) is 0 Å². The van der Waals surface area contributed by atoms with Gasteiger partial charge in [0, 0.05) is 44.9 Å². The number of benzene rings is 2. The van der Waals surface area contributed by atoms with Crippen molar-refractivity contribution >= 4 is 39.1 Å². The van der Waals surface area contributed by atoms with Crippen LogP contribution < -0.4 is 10.1 Å². The van der Waals surface area contributed by atoms with E-state index in [4.69, 9.17) is 27.9 Å². The molecule has 0 fully saturated rings. The van der Waals surface area contributed by atoms with E-state index in [9.17, 15) is 0 Å². The first-order chi connectivity index (χ1) is 12.6. The van der Waals surface area contributed by atoms with Crippen LogP contribution in [0.5, 0.6) is 5.75 Å². The number of aromatic nitrogens is 1. The Bertz CT molecular complexity index is 855. The number of rotatable bonds is 7. The van der Waals surface area contributed by atoms with E-state index >= 15 is 0 Å². The highest BCUT2D eigenvalue weighted by Gasteiger charge is 2.09.